The van der Waals surface area contributed by atoms with E-state index in [0.717, 1.165) is 0 Å². The van der Waals surface area contributed by atoms with Gasteiger partial charge >= 0.3 is 0 Å². The minimum Gasteiger partial charge on any atom is -0.421 e. The average molecular weight is 206 g/mol. The van der Waals surface area contributed by atoms with Crippen LogP contribution in [-0.2, 0) is 4.43 Å². The van der Waals surface area contributed by atoms with Crippen molar-refractivity contribution in [1.29, 1.82) is 0 Å². The molecule has 0 amide bonds. The minimum atomic E-state index is -1.13. The molecule has 0 saturated carbocycles. The molecule has 3 heteroatoms. The number of rotatable bonds is 2. The van der Waals surface area contributed by atoms with Gasteiger partial charge in [-0.1, -0.05) is 32.6 Å². The summed E-state index contributed by atoms with van der Waals surface area (Å²) in [5, 5.41) is 0. The van der Waals surface area contributed by atoms with Crippen LogP contribution in [0.25, 0.3) is 0 Å². The summed E-state index contributed by atoms with van der Waals surface area (Å²) in [4.78, 5) is 0. The lowest BCUT2D eigenvalue weighted by atomic mass is 11.0. The van der Waals surface area contributed by atoms with Crippen molar-refractivity contribution >= 4 is 16.4 Å². The molecule has 0 aliphatic carbocycles. The lowest BCUT2D eigenvalue weighted by molar-refractivity contribution is 0.411. The zero-order chi connectivity index (χ0) is 10.4. The molecular weight excluding hydrogens is 180 g/mol. The predicted molar refractivity (Wildman–Crippen MR) is 64.2 cm³/mol. The highest BCUT2D eigenvalue weighted by Crippen LogP contribution is 2.04. The Morgan fingerprint density at radius 3 is 1.08 bits per heavy atom. The monoisotopic (exact) mass is 206 g/mol. The van der Waals surface area contributed by atoms with E-state index in [2.05, 4.69) is 46.2 Å². The highest BCUT2D eigenvalue weighted by Gasteiger charge is 2.09. The predicted octanol–water partition coefficient (Wildman–Crippen LogP) is 3.81. The second-order valence-corrected chi connectivity index (χ2v) is 15.7. The van der Waals surface area contributed by atoms with Crippen LogP contribution < -0.4 is 0 Å². The summed E-state index contributed by atoms with van der Waals surface area (Å²) in [7, 11) is 0.00772. The third kappa shape index (κ3) is 22.4. The van der Waals surface area contributed by atoms with Gasteiger partial charge in [-0.3, -0.25) is 0 Å². The quantitative estimate of drug-likeness (QED) is 0.624. The van der Waals surface area contributed by atoms with E-state index in [1.54, 1.807) is 7.11 Å². The van der Waals surface area contributed by atoms with E-state index in [4.69, 9.17) is 4.43 Å². The van der Waals surface area contributed by atoms with Crippen LogP contribution in [0, 0.1) is 0 Å². The fraction of sp³-hybridized carbons (Fsp3) is 1.00. The van der Waals surface area contributed by atoms with Gasteiger partial charge in [0.1, 0.15) is 0 Å². The Labute approximate surface area is 80.7 Å². The van der Waals surface area contributed by atoms with Gasteiger partial charge < -0.3 is 4.43 Å². The van der Waals surface area contributed by atoms with Crippen molar-refractivity contribution in [1.82, 2.24) is 0 Å². The van der Waals surface area contributed by atoms with Gasteiger partial charge in [0, 0.05) is 15.2 Å². The first-order valence-corrected chi connectivity index (χ1v) is 11.8. The first-order valence-electron chi connectivity index (χ1n) is 4.67. The maximum atomic E-state index is 5.08. The molecule has 1 nitrogen and oxygen atoms in total. The van der Waals surface area contributed by atoms with Gasteiger partial charge in [-0.15, -0.1) is 0 Å². The summed E-state index contributed by atoms with van der Waals surface area (Å²) >= 11 is 0. The molecule has 0 saturated heterocycles. The lowest BCUT2D eigenvalue weighted by Gasteiger charge is -2.10. The fourth-order valence-corrected chi connectivity index (χ4v) is 0. The van der Waals surface area contributed by atoms with E-state index in [0.29, 0.717) is 0 Å². The van der Waals surface area contributed by atoms with Gasteiger partial charge in [0.25, 0.3) is 0 Å². The summed E-state index contributed by atoms with van der Waals surface area (Å²) in [5.74, 6) is 0. The molecule has 0 heterocycles. The van der Waals surface area contributed by atoms with Crippen molar-refractivity contribution in [2.45, 2.75) is 52.2 Å². The zero-order valence-corrected chi connectivity index (χ0v) is 12.1. The Hall–Kier alpha value is 0.394. The van der Waals surface area contributed by atoms with Crippen molar-refractivity contribution in [3.8, 4) is 0 Å². The van der Waals surface area contributed by atoms with E-state index in [9.17, 15) is 0 Å². The van der Waals surface area contributed by atoms with Gasteiger partial charge in [0.15, 0.2) is 8.32 Å². The van der Waals surface area contributed by atoms with Crippen LogP contribution >= 0.6 is 0 Å². The maximum absolute atomic E-state index is 5.08. The van der Waals surface area contributed by atoms with Crippen molar-refractivity contribution in [2.24, 2.45) is 0 Å². The van der Waals surface area contributed by atoms with Crippen LogP contribution in [0.4, 0.5) is 0 Å². The number of hydrogen-bond acceptors (Lipinski definition) is 1. The van der Waals surface area contributed by atoms with Crippen molar-refractivity contribution < 1.29 is 4.43 Å². The maximum Gasteiger partial charge on any atom is 0.183 e. The fourth-order valence-electron chi connectivity index (χ4n) is 0. The summed E-state index contributed by atoms with van der Waals surface area (Å²) in [6.45, 7) is 15.9. The first kappa shape index (κ1) is 14.9. The molecule has 76 valence electrons. The van der Waals surface area contributed by atoms with Crippen LogP contribution in [0.15, 0.2) is 0 Å². The third-order valence-electron chi connectivity index (χ3n) is 1.67. The molecule has 0 fully saturated rings. The first-order chi connectivity index (χ1) is 5.12. The van der Waals surface area contributed by atoms with Gasteiger partial charge in [0.05, 0.1) is 0 Å². The molecule has 0 atom stereocenters. The van der Waals surface area contributed by atoms with E-state index in [-0.39, 0.29) is 0 Å². The molecule has 0 aromatic heterocycles. The lowest BCUT2D eigenvalue weighted by Crippen LogP contribution is -2.22. The minimum absolute atomic E-state index is 0.631. The van der Waals surface area contributed by atoms with Crippen LogP contribution in [0.5, 0.6) is 0 Å². The Morgan fingerprint density at radius 1 is 0.917 bits per heavy atom. The highest BCUT2D eigenvalue weighted by atomic mass is 28.4. The smallest absolute Gasteiger partial charge is 0.183 e. The molecular formula is C9H26OSi2. The van der Waals surface area contributed by atoms with E-state index in [1.807, 2.05) is 0 Å². The zero-order valence-electron chi connectivity index (χ0n) is 10.1. The Balaban J connectivity index is 0. The third-order valence-corrected chi connectivity index (χ3v) is 5.02. The van der Waals surface area contributed by atoms with Gasteiger partial charge in [-0.25, -0.2) is 0 Å². The van der Waals surface area contributed by atoms with Crippen LogP contribution in [0.3, 0.4) is 0 Å². The molecule has 0 aromatic carbocycles. The molecule has 0 unspecified atom stereocenters. The summed E-state index contributed by atoms with van der Waals surface area (Å²) < 4.78 is 5.08. The normalized spacial score (nSPS) is 12.0. The molecule has 0 radical (unpaired) electrons. The highest BCUT2D eigenvalue weighted by molar-refractivity contribution is 6.76. The second-order valence-electron chi connectivity index (χ2n) is 5.23. The van der Waals surface area contributed by atoms with Gasteiger partial charge in [-0.2, -0.15) is 0 Å². The van der Waals surface area contributed by atoms with Gasteiger partial charge in [0.2, 0.25) is 0 Å². The molecule has 0 bridgehead atoms. The largest absolute Gasteiger partial charge is 0.421 e. The molecule has 0 N–H and O–H groups in total. The molecule has 0 aliphatic heterocycles. The van der Waals surface area contributed by atoms with E-state index >= 15 is 0 Å². The Bertz CT molecular complexity index is 86.1. The van der Waals surface area contributed by atoms with Crippen molar-refractivity contribution in [3.05, 3.63) is 0 Å². The van der Waals surface area contributed by atoms with E-state index in [1.165, 1.54) is 6.04 Å². The summed E-state index contributed by atoms with van der Waals surface area (Å²) in [6, 6.07) is 1.41. The van der Waals surface area contributed by atoms with Gasteiger partial charge in [-0.05, 0) is 19.6 Å². The van der Waals surface area contributed by atoms with Crippen LogP contribution in [0.2, 0.25) is 45.3 Å². The summed E-state index contributed by atoms with van der Waals surface area (Å²) in [6.07, 6.45) is 0. The standard InChI is InChI=1S/C5H14Si.C4H12OSi/c2*1-5-6(2,3)4/h5H2,1-4H3;1-4H3. The average Bonchev–Trinajstić information content (AvgIpc) is 1.86. The van der Waals surface area contributed by atoms with Crippen molar-refractivity contribution in [2.75, 3.05) is 7.11 Å². The van der Waals surface area contributed by atoms with Crippen LogP contribution in [0.1, 0.15) is 6.92 Å². The molecule has 12 heavy (non-hydrogen) atoms. The molecule has 0 aromatic rings. The molecule has 0 rings (SSSR count). The van der Waals surface area contributed by atoms with Crippen LogP contribution in [-0.4, -0.2) is 23.5 Å². The Morgan fingerprint density at radius 2 is 1.08 bits per heavy atom. The summed E-state index contributed by atoms with van der Waals surface area (Å²) in [5.41, 5.74) is 0. The molecule has 0 aliphatic rings. The van der Waals surface area contributed by atoms with E-state index < -0.39 is 16.4 Å². The van der Waals surface area contributed by atoms with Crippen molar-refractivity contribution in [3.63, 3.8) is 0 Å². The number of hydrogen-bond donors (Lipinski definition) is 0. The second kappa shape index (κ2) is 5.94. The molecule has 0 spiro atoms. The SMILES string of the molecule is CC[Si](C)(C)C.CO[Si](C)(C)C. The topological polar surface area (TPSA) is 9.23 Å². The Kier molecular flexibility index (Phi) is 7.37.